The Morgan fingerprint density at radius 1 is 1.19 bits per heavy atom. The molecule has 2 aromatic rings. The second-order valence-electron chi connectivity index (χ2n) is 4.84. The molecule has 0 spiro atoms. The molecular weight excluding hydrogens is 486 g/mol. The lowest BCUT2D eigenvalue weighted by Gasteiger charge is -2.14. The third-order valence-electron chi connectivity index (χ3n) is 3.02. The zero-order chi connectivity index (χ0) is 18.4. The van der Waals surface area contributed by atoms with Gasteiger partial charge in [0.15, 0.2) is 11.7 Å². The molecule has 0 radical (unpaired) electrons. The van der Waals surface area contributed by atoms with E-state index in [9.17, 15) is 13.2 Å². The quantitative estimate of drug-likeness (QED) is 0.351. The second kappa shape index (κ2) is 9.72. The highest BCUT2D eigenvalue weighted by molar-refractivity contribution is 14.0. The molecule has 0 atom stereocenters. The highest BCUT2D eigenvalue weighted by Gasteiger charge is 2.32. The van der Waals surface area contributed by atoms with Gasteiger partial charge in [0, 0.05) is 0 Å². The number of guanidine groups is 1. The minimum atomic E-state index is -4.80. The monoisotopic (exact) mass is 501 g/mol. The van der Waals surface area contributed by atoms with Crippen molar-refractivity contribution in [2.75, 3.05) is 12.4 Å². The van der Waals surface area contributed by atoms with Crippen LogP contribution in [0.2, 0.25) is 5.02 Å². The van der Waals surface area contributed by atoms with E-state index in [0.29, 0.717) is 10.8 Å². The van der Waals surface area contributed by atoms with Crippen LogP contribution in [0.1, 0.15) is 5.56 Å². The summed E-state index contributed by atoms with van der Waals surface area (Å²) in [6.45, 7) is 0.185. The molecule has 0 amide bonds. The van der Waals surface area contributed by atoms with Crippen molar-refractivity contribution >= 4 is 47.2 Å². The molecule has 2 rings (SSSR count). The van der Waals surface area contributed by atoms with Gasteiger partial charge in [0.1, 0.15) is 5.75 Å². The van der Waals surface area contributed by atoms with Gasteiger partial charge in [-0.05, 0) is 29.8 Å². The van der Waals surface area contributed by atoms with Gasteiger partial charge in [-0.3, -0.25) is 0 Å². The number of nitrogens with one attached hydrogen (secondary N) is 1. The topological polar surface area (TPSA) is 68.9 Å². The number of benzene rings is 2. The fraction of sp³-hybridized carbons (Fsp3) is 0.188. The Morgan fingerprint density at radius 3 is 2.50 bits per heavy atom. The summed E-state index contributed by atoms with van der Waals surface area (Å²) in [6, 6.07) is 10.6. The van der Waals surface area contributed by atoms with Crippen LogP contribution < -0.4 is 20.5 Å². The number of hydrogen-bond acceptors (Lipinski definition) is 3. The molecule has 0 bridgehead atoms. The average molecular weight is 502 g/mol. The van der Waals surface area contributed by atoms with Gasteiger partial charge >= 0.3 is 6.36 Å². The number of nitrogens with two attached hydrogens (primary N) is 1. The lowest BCUT2D eigenvalue weighted by Crippen LogP contribution is -2.24. The largest absolute Gasteiger partial charge is 0.573 e. The van der Waals surface area contributed by atoms with Crippen molar-refractivity contribution in [1.29, 1.82) is 0 Å². The number of hydrogen-bond donors (Lipinski definition) is 2. The first-order valence-electron chi connectivity index (χ1n) is 7.02. The molecule has 0 saturated carbocycles. The van der Waals surface area contributed by atoms with Crippen LogP contribution in [0.4, 0.5) is 18.9 Å². The van der Waals surface area contributed by atoms with Crippen LogP contribution >= 0.6 is 35.6 Å². The predicted molar refractivity (Wildman–Crippen MR) is 105 cm³/mol. The molecule has 26 heavy (non-hydrogen) atoms. The van der Waals surface area contributed by atoms with E-state index in [4.69, 9.17) is 22.1 Å². The van der Waals surface area contributed by atoms with Crippen LogP contribution in [-0.2, 0) is 6.54 Å². The zero-order valence-corrected chi connectivity index (χ0v) is 16.6. The minimum absolute atomic E-state index is 0. The van der Waals surface area contributed by atoms with Crippen LogP contribution in [0.5, 0.6) is 11.5 Å². The molecule has 3 N–H and O–H groups in total. The van der Waals surface area contributed by atoms with E-state index in [1.165, 1.54) is 25.3 Å². The van der Waals surface area contributed by atoms with Gasteiger partial charge in [0.25, 0.3) is 0 Å². The maximum atomic E-state index is 12.4. The van der Waals surface area contributed by atoms with Crippen molar-refractivity contribution in [3.05, 3.63) is 53.1 Å². The fourth-order valence-electron chi connectivity index (χ4n) is 1.95. The molecule has 0 heterocycles. The van der Waals surface area contributed by atoms with Gasteiger partial charge in [-0.2, -0.15) is 0 Å². The number of halogens is 5. The molecule has 0 aromatic heterocycles. The maximum absolute atomic E-state index is 12.4. The lowest BCUT2D eigenvalue weighted by atomic mass is 10.2. The first kappa shape index (κ1) is 22.2. The van der Waals surface area contributed by atoms with Crippen LogP contribution in [-0.4, -0.2) is 19.4 Å². The highest BCUT2D eigenvalue weighted by atomic mass is 127. The number of anilines is 1. The summed E-state index contributed by atoms with van der Waals surface area (Å²) in [5, 5.41) is 3.01. The van der Waals surface area contributed by atoms with Crippen molar-refractivity contribution in [2.24, 2.45) is 10.7 Å². The molecule has 5 nitrogen and oxygen atoms in total. The smallest absolute Gasteiger partial charge is 0.495 e. The van der Waals surface area contributed by atoms with Crippen LogP contribution in [0.25, 0.3) is 0 Å². The van der Waals surface area contributed by atoms with E-state index < -0.39 is 12.1 Å². The molecule has 0 saturated heterocycles. The van der Waals surface area contributed by atoms with Gasteiger partial charge in [0.05, 0.1) is 24.4 Å². The van der Waals surface area contributed by atoms with Gasteiger partial charge in [-0.15, -0.1) is 37.1 Å². The summed E-state index contributed by atoms with van der Waals surface area (Å²) >= 11 is 6.01. The standard InChI is InChI=1S/C16H15ClF3N3O2.HI/c1-24-13-7-6-10(8-11(13)17)9-22-15(21)23-12-4-2-3-5-14(12)25-16(18,19)20;/h2-8H,9H2,1H3,(H3,21,22,23);1H. The Hall–Kier alpha value is -1.88. The Morgan fingerprint density at radius 2 is 1.88 bits per heavy atom. The fourth-order valence-corrected chi connectivity index (χ4v) is 2.23. The molecule has 0 aliphatic carbocycles. The average Bonchev–Trinajstić information content (AvgIpc) is 2.53. The summed E-state index contributed by atoms with van der Waals surface area (Å²) in [4.78, 5) is 4.07. The number of rotatable bonds is 5. The van der Waals surface area contributed by atoms with Crippen molar-refractivity contribution < 1.29 is 22.6 Å². The zero-order valence-electron chi connectivity index (χ0n) is 13.5. The summed E-state index contributed by atoms with van der Waals surface area (Å²) < 4.78 is 46.2. The number of para-hydroxylation sites is 2. The van der Waals surface area contributed by atoms with Crippen molar-refractivity contribution in [1.82, 2.24) is 0 Å². The van der Waals surface area contributed by atoms with Gasteiger partial charge < -0.3 is 20.5 Å². The van der Waals surface area contributed by atoms with E-state index in [0.717, 1.165) is 5.56 Å². The lowest BCUT2D eigenvalue weighted by molar-refractivity contribution is -0.274. The molecule has 142 valence electrons. The number of nitrogens with zero attached hydrogens (tertiary/aromatic N) is 1. The van der Waals surface area contributed by atoms with Gasteiger partial charge in [-0.1, -0.05) is 29.8 Å². The highest BCUT2D eigenvalue weighted by Crippen LogP contribution is 2.30. The predicted octanol–water partition coefficient (Wildman–Crippen LogP) is 4.79. The Balaban J connectivity index is 0.00000338. The Kier molecular flexibility index (Phi) is 8.28. The summed E-state index contributed by atoms with van der Waals surface area (Å²) in [5.74, 6) is 0.0597. The summed E-state index contributed by atoms with van der Waals surface area (Å²) in [6.07, 6.45) is -4.80. The molecule has 2 aromatic carbocycles. The van der Waals surface area contributed by atoms with Crippen LogP contribution in [0.3, 0.4) is 0 Å². The van der Waals surface area contributed by atoms with E-state index >= 15 is 0 Å². The Labute approximate surface area is 170 Å². The van der Waals surface area contributed by atoms with Gasteiger partial charge in [-0.25, -0.2) is 4.99 Å². The molecule has 0 aliphatic rings. The number of alkyl halides is 3. The summed E-state index contributed by atoms with van der Waals surface area (Å²) in [7, 11) is 1.50. The second-order valence-corrected chi connectivity index (χ2v) is 5.25. The van der Waals surface area contributed by atoms with E-state index in [1.807, 2.05) is 0 Å². The van der Waals surface area contributed by atoms with E-state index in [1.54, 1.807) is 24.3 Å². The molecule has 0 aliphatic heterocycles. The molecular formula is C16H16ClF3IN3O2. The number of aliphatic imine (C=N–C) groups is 1. The molecule has 0 unspecified atom stereocenters. The van der Waals surface area contributed by atoms with Crippen LogP contribution in [0, 0.1) is 0 Å². The third-order valence-corrected chi connectivity index (χ3v) is 3.32. The minimum Gasteiger partial charge on any atom is -0.495 e. The molecule has 0 fully saturated rings. The third kappa shape index (κ3) is 6.79. The SMILES string of the molecule is COc1ccc(CN=C(N)Nc2ccccc2OC(F)(F)F)cc1Cl.I. The van der Waals surface area contributed by atoms with E-state index in [-0.39, 0.29) is 42.2 Å². The van der Waals surface area contributed by atoms with E-state index in [2.05, 4.69) is 15.0 Å². The number of methoxy groups -OCH3 is 1. The number of ether oxygens (including phenoxy) is 2. The molecule has 10 heteroatoms. The van der Waals surface area contributed by atoms with Crippen LogP contribution in [0.15, 0.2) is 47.5 Å². The first-order chi connectivity index (χ1) is 11.8. The maximum Gasteiger partial charge on any atom is 0.573 e. The summed E-state index contributed by atoms with van der Waals surface area (Å²) in [5.41, 5.74) is 6.53. The normalized spacial score (nSPS) is 11.5. The van der Waals surface area contributed by atoms with Crippen molar-refractivity contribution in [2.45, 2.75) is 12.9 Å². The van der Waals surface area contributed by atoms with Crippen molar-refractivity contribution in [3.8, 4) is 11.5 Å². The van der Waals surface area contributed by atoms with Gasteiger partial charge in [0.2, 0.25) is 0 Å². The Bertz CT molecular complexity index is 773. The first-order valence-corrected chi connectivity index (χ1v) is 7.40. The van der Waals surface area contributed by atoms with Crippen molar-refractivity contribution in [3.63, 3.8) is 0 Å².